The van der Waals surface area contributed by atoms with E-state index in [4.69, 9.17) is 10.00 Å². The van der Waals surface area contributed by atoms with Crippen molar-refractivity contribution in [1.29, 1.82) is 5.26 Å². The van der Waals surface area contributed by atoms with Crippen LogP contribution in [-0.2, 0) is 22.6 Å². The van der Waals surface area contributed by atoms with Crippen molar-refractivity contribution in [2.75, 3.05) is 11.9 Å². The van der Waals surface area contributed by atoms with Crippen molar-refractivity contribution >= 4 is 11.7 Å². The fourth-order valence-corrected chi connectivity index (χ4v) is 1.84. The summed E-state index contributed by atoms with van der Waals surface area (Å²) in [7, 11) is 0. The Morgan fingerprint density at radius 1 is 1.05 bits per heavy atom. The van der Waals surface area contributed by atoms with Gasteiger partial charge in [0.2, 0.25) is 0 Å². The molecule has 21 heavy (non-hydrogen) atoms. The number of esters is 1. The van der Waals surface area contributed by atoms with Gasteiger partial charge < -0.3 is 10.1 Å². The van der Waals surface area contributed by atoms with Crippen LogP contribution in [0.15, 0.2) is 54.6 Å². The molecule has 0 bridgehead atoms. The van der Waals surface area contributed by atoms with E-state index in [9.17, 15) is 4.79 Å². The van der Waals surface area contributed by atoms with Gasteiger partial charge in [-0.25, -0.2) is 0 Å². The molecule has 0 atom stereocenters. The molecule has 0 aliphatic heterocycles. The van der Waals surface area contributed by atoms with Crippen LogP contribution in [0.5, 0.6) is 0 Å². The van der Waals surface area contributed by atoms with Crippen LogP contribution in [-0.4, -0.2) is 12.5 Å². The highest BCUT2D eigenvalue weighted by molar-refractivity contribution is 5.72. The first kappa shape index (κ1) is 14.6. The second-order valence-electron chi connectivity index (χ2n) is 4.53. The molecule has 0 radical (unpaired) electrons. The molecule has 1 N–H and O–H groups in total. The van der Waals surface area contributed by atoms with Gasteiger partial charge in [-0.2, -0.15) is 5.26 Å². The van der Waals surface area contributed by atoms with Crippen molar-refractivity contribution in [3.63, 3.8) is 0 Å². The molecule has 2 aromatic rings. The minimum Gasteiger partial charge on any atom is -0.461 e. The number of rotatable bonds is 6. The van der Waals surface area contributed by atoms with Crippen LogP contribution in [0.3, 0.4) is 0 Å². The monoisotopic (exact) mass is 280 g/mol. The van der Waals surface area contributed by atoms with Crippen LogP contribution in [0.25, 0.3) is 0 Å². The summed E-state index contributed by atoms with van der Waals surface area (Å²) in [5.41, 5.74) is 2.72. The third-order valence-electron chi connectivity index (χ3n) is 2.92. The molecule has 2 rings (SSSR count). The van der Waals surface area contributed by atoms with Gasteiger partial charge in [-0.3, -0.25) is 4.79 Å². The van der Waals surface area contributed by atoms with E-state index < -0.39 is 0 Å². The van der Waals surface area contributed by atoms with E-state index in [0.717, 1.165) is 16.8 Å². The van der Waals surface area contributed by atoms with Gasteiger partial charge in [0.05, 0.1) is 12.5 Å². The van der Waals surface area contributed by atoms with Crippen molar-refractivity contribution in [3.8, 4) is 6.07 Å². The first-order valence-corrected chi connectivity index (χ1v) is 6.67. The second kappa shape index (κ2) is 7.71. The predicted molar refractivity (Wildman–Crippen MR) is 80.5 cm³/mol. The van der Waals surface area contributed by atoms with Crippen molar-refractivity contribution < 1.29 is 9.53 Å². The molecule has 0 aliphatic rings. The van der Waals surface area contributed by atoms with E-state index >= 15 is 0 Å². The number of hydrogen-bond acceptors (Lipinski definition) is 4. The Morgan fingerprint density at radius 2 is 1.76 bits per heavy atom. The van der Waals surface area contributed by atoms with Crippen LogP contribution in [0.2, 0.25) is 0 Å². The van der Waals surface area contributed by atoms with E-state index in [1.807, 2.05) is 60.7 Å². The Balaban J connectivity index is 1.81. The number of carbonyl (C=O) groups is 1. The summed E-state index contributed by atoms with van der Waals surface area (Å²) in [6.45, 7) is 0.556. The zero-order valence-corrected chi connectivity index (χ0v) is 11.6. The maximum absolute atomic E-state index is 11.8. The normalized spacial score (nSPS) is 9.67. The van der Waals surface area contributed by atoms with Crippen LogP contribution < -0.4 is 5.32 Å². The number of nitriles is 1. The summed E-state index contributed by atoms with van der Waals surface area (Å²) in [6.07, 6.45) is 0.241. The largest absolute Gasteiger partial charge is 0.461 e. The molecule has 0 saturated heterocycles. The van der Waals surface area contributed by atoms with Gasteiger partial charge in [0.15, 0.2) is 0 Å². The maximum atomic E-state index is 11.8. The molecule has 0 amide bonds. The summed E-state index contributed by atoms with van der Waals surface area (Å²) in [4.78, 5) is 11.8. The van der Waals surface area contributed by atoms with Crippen molar-refractivity contribution in [2.45, 2.75) is 13.0 Å². The molecule has 106 valence electrons. The van der Waals surface area contributed by atoms with E-state index in [-0.39, 0.29) is 18.9 Å². The van der Waals surface area contributed by atoms with Crippen LogP contribution >= 0.6 is 0 Å². The second-order valence-corrected chi connectivity index (χ2v) is 4.53. The zero-order valence-electron chi connectivity index (χ0n) is 11.6. The molecule has 0 spiro atoms. The number of ether oxygens (including phenoxy) is 1. The number of anilines is 1. The number of hydrogen-bond donors (Lipinski definition) is 1. The lowest BCUT2D eigenvalue weighted by Crippen LogP contribution is -2.08. The topological polar surface area (TPSA) is 62.1 Å². The Kier molecular flexibility index (Phi) is 5.36. The smallest absolute Gasteiger partial charge is 0.310 e. The summed E-state index contributed by atoms with van der Waals surface area (Å²) < 4.78 is 5.23. The standard InChI is InChI=1S/C17H16N2O2/c18-10-11-19-16-8-6-14(7-9-16)12-17(20)21-13-15-4-2-1-3-5-15/h1-9,19H,11-13H2. The van der Waals surface area contributed by atoms with Crippen molar-refractivity contribution in [3.05, 3.63) is 65.7 Å². The molecule has 0 unspecified atom stereocenters. The number of carbonyl (C=O) groups excluding carboxylic acids is 1. The lowest BCUT2D eigenvalue weighted by atomic mass is 10.1. The molecule has 0 heterocycles. The highest BCUT2D eigenvalue weighted by Crippen LogP contribution is 2.10. The van der Waals surface area contributed by atoms with Gasteiger partial charge in [0, 0.05) is 5.69 Å². The Bertz CT molecular complexity index is 615. The van der Waals surface area contributed by atoms with Crippen LogP contribution in [0.1, 0.15) is 11.1 Å². The zero-order chi connectivity index (χ0) is 14.9. The molecular weight excluding hydrogens is 264 g/mol. The molecule has 4 heteroatoms. The lowest BCUT2D eigenvalue weighted by molar-refractivity contribution is -0.144. The van der Waals surface area contributed by atoms with Gasteiger partial charge in [0.1, 0.15) is 13.2 Å². The number of nitrogens with one attached hydrogen (secondary N) is 1. The van der Waals surface area contributed by atoms with Crippen molar-refractivity contribution in [2.24, 2.45) is 0 Å². The fourth-order valence-electron chi connectivity index (χ4n) is 1.84. The first-order chi connectivity index (χ1) is 10.3. The van der Waals surface area contributed by atoms with Gasteiger partial charge >= 0.3 is 5.97 Å². The van der Waals surface area contributed by atoms with E-state index in [1.165, 1.54) is 0 Å². The first-order valence-electron chi connectivity index (χ1n) is 6.67. The maximum Gasteiger partial charge on any atom is 0.310 e. The molecule has 0 fully saturated rings. The minimum absolute atomic E-state index is 0.241. The number of nitrogens with zero attached hydrogens (tertiary/aromatic N) is 1. The quantitative estimate of drug-likeness (QED) is 0.653. The Labute approximate surface area is 124 Å². The molecule has 0 saturated carbocycles. The molecule has 0 aliphatic carbocycles. The predicted octanol–water partition coefficient (Wildman–Crippen LogP) is 2.91. The molecule has 2 aromatic carbocycles. The minimum atomic E-state index is -0.253. The SMILES string of the molecule is N#CCNc1ccc(CC(=O)OCc2ccccc2)cc1. The summed E-state index contributed by atoms with van der Waals surface area (Å²) in [5.74, 6) is -0.253. The average Bonchev–Trinajstić information content (AvgIpc) is 2.53. The highest BCUT2D eigenvalue weighted by Gasteiger charge is 2.05. The highest BCUT2D eigenvalue weighted by atomic mass is 16.5. The summed E-state index contributed by atoms with van der Waals surface area (Å²) in [5, 5.41) is 11.4. The van der Waals surface area contributed by atoms with Crippen molar-refractivity contribution in [1.82, 2.24) is 0 Å². The number of benzene rings is 2. The molecular formula is C17H16N2O2. The third-order valence-corrected chi connectivity index (χ3v) is 2.92. The summed E-state index contributed by atoms with van der Waals surface area (Å²) in [6, 6.07) is 19.0. The lowest BCUT2D eigenvalue weighted by Gasteiger charge is -2.06. The van der Waals surface area contributed by atoms with E-state index in [0.29, 0.717) is 6.61 Å². The van der Waals surface area contributed by atoms with Crippen LogP contribution in [0.4, 0.5) is 5.69 Å². The fraction of sp³-hybridized carbons (Fsp3) is 0.176. The Morgan fingerprint density at radius 3 is 2.43 bits per heavy atom. The van der Waals surface area contributed by atoms with E-state index in [2.05, 4.69) is 5.32 Å². The van der Waals surface area contributed by atoms with E-state index in [1.54, 1.807) is 0 Å². The van der Waals surface area contributed by atoms with Gasteiger partial charge in [-0.15, -0.1) is 0 Å². The van der Waals surface area contributed by atoms with Crippen LogP contribution in [0, 0.1) is 11.3 Å². The molecule has 0 aromatic heterocycles. The van der Waals surface area contributed by atoms with Gasteiger partial charge in [-0.1, -0.05) is 42.5 Å². The molecule has 4 nitrogen and oxygen atoms in total. The summed E-state index contributed by atoms with van der Waals surface area (Å²) >= 11 is 0. The average molecular weight is 280 g/mol. The van der Waals surface area contributed by atoms with Gasteiger partial charge in [0.25, 0.3) is 0 Å². The van der Waals surface area contributed by atoms with Gasteiger partial charge in [-0.05, 0) is 23.3 Å². The third kappa shape index (κ3) is 5.00. The Hall–Kier alpha value is -2.80.